The number of benzene rings is 2. The van der Waals surface area contributed by atoms with Crippen molar-refractivity contribution in [2.24, 2.45) is 0 Å². The molecule has 156 valence electrons. The van der Waals surface area contributed by atoms with Gasteiger partial charge in [-0.05, 0) is 37.3 Å². The lowest BCUT2D eigenvalue weighted by molar-refractivity contribution is -0.384. The first kappa shape index (κ1) is 20.2. The summed E-state index contributed by atoms with van der Waals surface area (Å²) in [6, 6.07) is 13.2. The molecule has 2 aromatic heterocycles. The summed E-state index contributed by atoms with van der Waals surface area (Å²) in [5, 5.41) is 26.6. The molecule has 0 spiro atoms. The summed E-state index contributed by atoms with van der Waals surface area (Å²) in [6.45, 7) is 1.92. The van der Waals surface area contributed by atoms with Gasteiger partial charge in [0.1, 0.15) is 0 Å². The zero-order chi connectivity index (χ0) is 22.0. The quantitative estimate of drug-likeness (QED) is 0.365. The van der Waals surface area contributed by atoms with Crippen LogP contribution in [0.3, 0.4) is 0 Å². The molecule has 31 heavy (non-hydrogen) atoms. The number of nitrogens with one attached hydrogen (secondary N) is 1. The Balaban J connectivity index is 1.46. The van der Waals surface area contributed by atoms with Crippen LogP contribution in [0, 0.1) is 17.0 Å². The highest BCUT2D eigenvalue weighted by Gasteiger charge is 2.18. The number of halogens is 1. The fraction of sp³-hybridized carbons (Fsp3) is 0.100. The van der Waals surface area contributed by atoms with Crippen LogP contribution >= 0.6 is 11.6 Å². The minimum atomic E-state index is -0.492. The molecule has 0 saturated heterocycles. The van der Waals surface area contributed by atoms with E-state index in [0.717, 1.165) is 11.3 Å². The lowest BCUT2D eigenvalue weighted by Crippen LogP contribution is -2.24. The van der Waals surface area contributed by atoms with E-state index in [1.54, 1.807) is 48.3 Å². The lowest BCUT2D eigenvalue weighted by Gasteiger charge is -2.04. The second kappa shape index (κ2) is 8.36. The summed E-state index contributed by atoms with van der Waals surface area (Å²) in [6.07, 6.45) is 3.46. The Bertz CT molecular complexity index is 1260. The summed E-state index contributed by atoms with van der Waals surface area (Å²) >= 11 is 5.90. The highest BCUT2D eigenvalue weighted by atomic mass is 35.5. The average molecular weight is 438 g/mol. The number of non-ortho nitro benzene ring substituents is 1. The fourth-order valence-electron chi connectivity index (χ4n) is 2.98. The van der Waals surface area contributed by atoms with E-state index in [4.69, 9.17) is 11.6 Å². The van der Waals surface area contributed by atoms with Crippen LogP contribution in [0.2, 0.25) is 5.02 Å². The molecule has 0 bridgehead atoms. The van der Waals surface area contributed by atoms with Crippen LogP contribution in [-0.2, 0) is 6.54 Å². The van der Waals surface area contributed by atoms with Gasteiger partial charge in [-0.1, -0.05) is 22.9 Å². The third-order valence-electron chi connectivity index (χ3n) is 4.58. The monoisotopic (exact) mass is 437 g/mol. The van der Waals surface area contributed by atoms with Crippen molar-refractivity contribution in [2.45, 2.75) is 13.5 Å². The van der Waals surface area contributed by atoms with E-state index in [1.807, 2.05) is 12.1 Å². The summed E-state index contributed by atoms with van der Waals surface area (Å²) in [5.74, 6) is -0.409. The molecule has 4 aromatic rings. The van der Waals surface area contributed by atoms with Gasteiger partial charge in [0.2, 0.25) is 0 Å². The Labute approximate surface area is 181 Å². The van der Waals surface area contributed by atoms with Gasteiger partial charge in [0, 0.05) is 35.5 Å². The zero-order valence-corrected chi connectivity index (χ0v) is 17.0. The molecule has 1 amide bonds. The summed E-state index contributed by atoms with van der Waals surface area (Å²) in [5.41, 5.74) is 2.62. The Morgan fingerprint density at radius 2 is 1.97 bits per heavy atom. The molecule has 0 radical (unpaired) electrons. The van der Waals surface area contributed by atoms with Gasteiger partial charge in [0.05, 0.1) is 28.2 Å². The van der Waals surface area contributed by atoms with Crippen LogP contribution in [0.5, 0.6) is 0 Å². The van der Waals surface area contributed by atoms with Crippen LogP contribution in [0.15, 0.2) is 60.9 Å². The molecule has 0 atom stereocenters. The standard InChI is InChI=1S/C20H16ClN7O3/c1-13-19(24-25-27(13)17-3-2-4-18(9-17)28(30)31)20(29)22-10-14-11-23-26(12-14)16-7-5-15(21)6-8-16/h2-9,11-12H,10H2,1H3,(H,22,29). The summed E-state index contributed by atoms with van der Waals surface area (Å²) in [4.78, 5) is 23.1. The topological polar surface area (TPSA) is 121 Å². The number of carbonyl (C=O) groups excluding carboxylic acids is 1. The molecule has 1 N–H and O–H groups in total. The maximum Gasteiger partial charge on any atom is 0.274 e. The highest BCUT2D eigenvalue weighted by molar-refractivity contribution is 6.30. The van der Waals surface area contributed by atoms with Gasteiger partial charge in [-0.2, -0.15) is 5.10 Å². The molecule has 2 aromatic carbocycles. The van der Waals surface area contributed by atoms with Gasteiger partial charge in [0.25, 0.3) is 11.6 Å². The molecule has 0 aliphatic heterocycles. The Morgan fingerprint density at radius 1 is 1.19 bits per heavy atom. The second-order valence-corrected chi connectivity index (χ2v) is 7.10. The highest BCUT2D eigenvalue weighted by Crippen LogP contribution is 2.18. The van der Waals surface area contributed by atoms with Gasteiger partial charge in [-0.3, -0.25) is 14.9 Å². The number of nitro benzene ring substituents is 1. The number of hydrogen-bond acceptors (Lipinski definition) is 6. The van der Waals surface area contributed by atoms with Crippen molar-refractivity contribution in [3.63, 3.8) is 0 Å². The van der Waals surface area contributed by atoms with Crippen LogP contribution in [0.1, 0.15) is 21.7 Å². The Hall–Kier alpha value is -4.05. The summed E-state index contributed by atoms with van der Waals surface area (Å²) < 4.78 is 3.07. The molecular formula is C20H16ClN7O3. The molecule has 0 aliphatic carbocycles. The van der Waals surface area contributed by atoms with Crippen LogP contribution in [-0.4, -0.2) is 35.6 Å². The van der Waals surface area contributed by atoms with Crippen LogP contribution < -0.4 is 5.32 Å². The lowest BCUT2D eigenvalue weighted by atomic mass is 10.2. The molecule has 0 saturated carbocycles. The van der Waals surface area contributed by atoms with E-state index < -0.39 is 10.8 Å². The van der Waals surface area contributed by atoms with E-state index in [1.165, 1.54) is 16.8 Å². The number of amides is 1. The van der Waals surface area contributed by atoms with Gasteiger partial charge >= 0.3 is 0 Å². The molecule has 0 aliphatic rings. The molecule has 4 rings (SSSR count). The van der Waals surface area contributed by atoms with Crippen molar-refractivity contribution in [3.8, 4) is 11.4 Å². The van der Waals surface area contributed by atoms with E-state index in [9.17, 15) is 14.9 Å². The van der Waals surface area contributed by atoms with Gasteiger partial charge < -0.3 is 5.32 Å². The van der Waals surface area contributed by atoms with E-state index >= 15 is 0 Å². The fourth-order valence-corrected chi connectivity index (χ4v) is 3.10. The van der Waals surface area contributed by atoms with E-state index in [0.29, 0.717) is 16.4 Å². The van der Waals surface area contributed by atoms with E-state index in [-0.39, 0.29) is 17.9 Å². The third kappa shape index (κ3) is 4.28. The van der Waals surface area contributed by atoms with Crippen LogP contribution in [0.4, 0.5) is 5.69 Å². The molecule has 11 heteroatoms. The first-order chi connectivity index (χ1) is 14.9. The first-order valence-corrected chi connectivity index (χ1v) is 9.55. The van der Waals surface area contributed by atoms with Crippen LogP contribution in [0.25, 0.3) is 11.4 Å². The van der Waals surface area contributed by atoms with Crippen molar-refractivity contribution in [1.82, 2.24) is 30.1 Å². The predicted octanol–water partition coefficient (Wildman–Crippen LogP) is 3.25. The number of carbonyl (C=O) groups is 1. The summed E-state index contributed by atoms with van der Waals surface area (Å²) in [7, 11) is 0. The second-order valence-electron chi connectivity index (χ2n) is 6.66. The average Bonchev–Trinajstić information content (AvgIpc) is 3.39. The maximum absolute atomic E-state index is 12.6. The molecule has 10 nitrogen and oxygen atoms in total. The van der Waals surface area contributed by atoms with Crippen molar-refractivity contribution < 1.29 is 9.72 Å². The number of aromatic nitrogens is 5. The SMILES string of the molecule is Cc1c(C(=O)NCc2cnn(-c3ccc(Cl)cc3)c2)nnn1-c1cccc([N+](=O)[O-])c1. The maximum atomic E-state index is 12.6. The molecule has 0 fully saturated rings. The molecule has 2 heterocycles. The van der Waals surface area contributed by atoms with Crippen molar-refractivity contribution in [2.75, 3.05) is 0 Å². The number of hydrogen-bond donors (Lipinski definition) is 1. The minimum absolute atomic E-state index is 0.0731. The zero-order valence-electron chi connectivity index (χ0n) is 16.3. The van der Waals surface area contributed by atoms with Gasteiger partial charge in [0.15, 0.2) is 5.69 Å². The number of nitro groups is 1. The first-order valence-electron chi connectivity index (χ1n) is 9.17. The van der Waals surface area contributed by atoms with E-state index in [2.05, 4.69) is 20.7 Å². The predicted molar refractivity (Wildman–Crippen MR) is 112 cm³/mol. The number of rotatable bonds is 6. The van der Waals surface area contributed by atoms with Crippen molar-refractivity contribution >= 4 is 23.2 Å². The smallest absolute Gasteiger partial charge is 0.274 e. The molecular weight excluding hydrogens is 422 g/mol. The van der Waals surface area contributed by atoms with Crippen molar-refractivity contribution in [1.29, 1.82) is 0 Å². The van der Waals surface area contributed by atoms with Crippen molar-refractivity contribution in [3.05, 3.63) is 93.0 Å². The number of nitrogens with zero attached hydrogens (tertiary/aromatic N) is 6. The normalized spacial score (nSPS) is 10.8. The Morgan fingerprint density at radius 3 is 2.71 bits per heavy atom. The van der Waals surface area contributed by atoms with Gasteiger partial charge in [-0.15, -0.1) is 5.10 Å². The Kier molecular flexibility index (Phi) is 5.46. The third-order valence-corrected chi connectivity index (χ3v) is 4.83. The van der Waals surface area contributed by atoms with Gasteiger partial charge in [-0.25, -0.2) is 9.36 Å². The largest absolute Gasteiger partial charge is 0.346 e. The minimum Gasteiger partial charge on any atom is -0.346 e. The molecule has 0 unspecified atom stereocenters.